The van der Waals surface area contributed by atoms with Gasteiger partial charge in [0.25, 0.3) is 0 Å². The molecule has 4 nitrogen and oxygen atoms in total. The second kappa shape index (κ2) is 9.94. The number of benzene rings is 2. The average molecular weight is 406 g/mol. The molecule has 5 heteroatoms. The molecule has 0 saturated heterocycles. The van der Waals surface area contributed by atoms with Crippen molar-refractivity contribution >= 4 is 29.6 Å². The first-order valence-electron chi connectivity index (χ1n) is 9.39. The molecule has 29 heavy (non-hydrogen) atoms. The van der Waals surface area contributed by atoms with Crippen LogP contribution in [0.1, 0.15) is 33.5 Å². The van der Waals surface area contributed by atoms with Gasteiger partial charge in [-0.05, 0) is 37.1 Å². The Kier molecular flexibility index (Phi) is 7.09. The number of allylic oxidation sites excluding steroid dienone is 1. The zero-order chi connectivity index (χ0) is 20.6. The number of carboxylic acid groups (broad SMARTS) is 1. The van der Waals surface area contributed by atoms with E-state index in [2.05, 4.69) is 6.08 Å². The lowest BCUT2D eigenvalue weighted by atomic mass is 10.0. The fourth-order valence-corrected chi connectivity index (χ4v) is 3.47. The van der Waals surface area contributed by atoms with Crippen LogP contribution in [0.25, 0.3) is 6.08 Å². The molecule has 1 heterocycles. The summed E-state index contributed by atoms with van der Waals surface area (Å²) in [5.41, 5.74) is 3.62. The molecule has 0 bridgehead atoms. The Hall–Kier alpha value is -3.05. The van der Waals surface area contributed by atoms with Gasteiger partial charge in [0.05, 0.1) is 5.75 Å². The molecular formula is C24H23NO3S. The van der Waals surface area contributed by atoms with Crippen LogP contribution in [0.4, 0.5) is 0 Å². The maximum atomic E-state index is 12.5. The third-order valence-electron chi connectivity index (χ3n) is 4.43. The molecule has 3 rings (SSSR count). The van der Waals surface area contributed by atoms with Gasteiger partial charge in [-0.3, -0.25) is 9.59 Å². The van der Waals surface area contributed by atoms with E-state index >= 15 is 0 Å². The number of hydrogen-bond acceptors (Lipinski definition) is 3. The van der Waals surface area contributed by atoms with Gasteiger partial charge in [0.2, 0.25) is 0 Å². The van der Waals surface area contributed by atoms with Gasteiger partial charge in [0.1, 0.15) is 0 Å². The molecule has 0 unspecified atom stereocenters. The summed E-state index contributed by atoms with van der Waals surface area (Å²) in [4.78, 5) is 24.1. The molecule has 2 aromatic carbocycles. The number of ketones is 1. The van der Waals surface area contributed by atoms with Gasteiger partial charge in [-0.2, -0.15) is 0 Å². The maximum absolute atomic E-state index is 12.5. The molecule has 0 aliphatic heterocycles. The summed E-state index contributed by atoms with van der Waals surface area (Å²) in [6.45, 7) is 2.80. The topological polar surface area (TPSA) is 59.3 Å². The van der Waals surface area contributed by atoms with Gasteiger partial charge in [0, 0.05) is 35.0 Å². The Balaban J connectivity index is 1.50. The normalized spacial score (nSPS) is 11.1. The first kappa shape index (κ1) is 20.7. The molecule has 0 fully saturated rings. The SMILES string of the molecule is Cc1ccc(C(=O)c2ccn(CC/C=C/c3ccc(SCC(=O)O)cc3)c2)cc1. The number of thioether (sulfide) groups is 1. The van der Waals surface area contributed by atoms with E-state index in [-0.39, 0.29) is 11.5 Å². The molecule has 0 amide bonds. The quantitative estimate of drug-likeness (QED) is 0.387. The number of rotatable bonds is 9. The van der Waals surface area contributed by atoms with Crippen molar-refractivity contribution in [1.29, 1.82) is 0 Å². The number of hydrogen-bond donors (Lipinski definition) is 1. The number of carboxylic acids is 1. The van der Waals surface area contributed by atoms with Gasteiger partial charge >= 0.3 is 5.97 Å². The second-order valence-corrected chi connectivity index (χ2v) is 7.82. The molecule has 0 spiro atoms. The molecule has 0 aliphatic carbocycles. The Morgan fingerprint density at radius 1 is 1.00 bits per heavy atom. The van der Waals surface area contributed by atoms with E-state index in [1.54, 1.807) is 0 Å². The number of carbonyl (C=O) groups is 2. The summed E-state index contributed by atoms with van der Waals surface area (Å²) in [6.07, 6.45) is 8.82. The minimum atomic E-state index is -0.812. The van der Waals surface area contributed by atoms with Crippen molar-refractivity contribution in [3.05, 3.63) is 95.3 Å². The Morgan fingerprint density at radius 2 is 1.72 bits per heavy atom. The lowest BCUT2D eigenvalue weighted by Crippen LogP contribution is -2.00. The summed E-state index contributed by atoms with van der Waals surface area (Å²) < 4.78 is 2.03. The van der Waals surface area contributed by atoms with E-state index < -0.39 is 5.97 Å². The van der Waals surface area contributed by atoms with E-state index in [0.717, 1.165) is 29.0 Å². The number of nitrogens with zero attached hydrogens (tertiary/aromatic N) is 1. The summed E-state index contributed by atoms with van der Waals surface area (Å²) in [7, 11) is 0. The Labute approximate surface area is 174 Å². The van der Waals surface area contributed by atoms with Crippen LogP contribution < -0.4 is 0 Å². The van der Waals surface area contributed by atoms with E-state index in [4.69, 9.17) is 5.11 Å². The Bertz CT molecular complexity index is 1000. The third-order valence-corrected chi connectivity index (χ3v) is 5.43. The van der Waals surface area contributed by atoms with E-state index in [9.17, 15) is 9.59 Å². The monoisotopic (exact) mass is 405 g/mol. The first-order chi connectivity index (χ1) is 14.0. The predicted molar refractivity (Wildman–Crippen MR) is 117 cm³/mol. The summed E-state index contributed by atoms with van der Waals surface area (Å²) in [5, 5.41) is 8.71. The molecule has 1 aromatic heterocycles. The smallest absolute Gasteiger partial charge is 0.313 e. The van der Waals surface area contributed by atoms with E-state index in [1.807, 2.05) is 84.6 Å². The van der Waals surface area contributed by atoms with Crippen molar-refractivity contribution in [2.75, 3.05) is 5.75 Å². The van der Waals surface area contributed by atoms with Crippen LogP contribution in [0.15, 0.2) is 78.0 Å². The minimum absolute atomic E-state index is 0.0418. The van der Waals surface area contributed by atoms with Crippen molar-refractivity contribution < 1.29 is 14.7 Å². The molecule has 148 valence electrons. The molecule has 3 aromatic rings. The van der Waals surface area contributed by atoms with Crippen molar-refractivity contribution in [1.82, 2.24) is 4.57 Å². The van der Waals surface area contributed by atoms with Crippen molar-refractivity contribution in [2.45, 2.75) is 24.8 Å². The van der Waals surface area contributed by atoms with Gasteiger partial charge in [-0.1, -0.05) is 54.1 Å². The van der Waals surface area contributed by atoms with E-state index in [0.29, 0.717) is 11.1 Å². The fourth-order valence-electron chi connectivity index (χ4n) is 2.85. The fraction of sp³-hybridized carbons (Fsp3) is 0.167. The van der Waals surface area contributed by atoms with Crippen LogP contribution in [0.3, 0.4) is 0 Å². The largest absolute Gasteiger partial charge is 0.481 e. The number of aryl methyl sites for hydroxylation is 2. The van der Waals surface area contributed by atoms with Gasteiger partial charge in [0.15, 0.2) is 5.78 Å². The molecule has 0 radical (unpaired) electrons. The average Bonchev–Trinajstić information content (AvgIpc) is 3.19. The van der Waals surface area contributed by atoms with Crippen LogP contribution in [0.2, 0.25) is 0 Å². The molecule has 1 N–H and O–H groups in total. The molecular weight excluding hydrogens is 382 g/mol. The van der Waals surface area contributed by atoms with E-state index in [1.165, 1.54) is 11.8 Å². The highest BCUT2D eigenvalue weighted by molar-refractivity contribution is 8.00. The maximum Gasteiger partial charge on any atom is 0.313 e. The highest BCUT2D eigenvalue weighted by atomic mass is 32.2. The van der Waals surface area contributed by atoms with Gasteiger partial charge in [-0.25, -0.2) is 0 Å². The lowest BCUT2D eigenvalue weighted by Gasteiger charge is -2.01. The van der Waals surface area contributed by atoms with Crippen LogP contribution in [0, 0.1) is 6.92 Å². The number of carbonyl (C=O) groups excluding carboxylic acids is 1. The van der Waals surface area contributed by atoms with Crippen molar-refractivity contribution in [2.24, 2.45) is 0 Å². The second-order valence-electron chi connectivity index (χ2n) is 6.78. The van der Waals surface area contributed by atoms with Crippen LogP contribution in [-0.4, -0.2) is 27.2 Å². The summed E-state index contributed by atoms with van der Waals surface area (Å²) >= 11 is 1.31. The highest BCUT2D eigenvalue weighted by Gasteiger charge is 2.10. The summed E-state index contributed by atoms with van der Waals surface area (Å²) in [5.74, 6) is -0.701. The van der Waals surface area contributed by atoms with Crippen LogP contribution >= 0.6 is 11.8 Å². The summed E-state index contributed by atoms with van der Waals surface area (Å²) in [6, 6.07) is 17.3. The minimum Gasteiger partial charge on any atom is -0.481 e. The van der Waals surface area contributed by atoms with Crippen molar-refractivity contribution in [3.8, 4) is 0 Å². The molecule has 0 aliphatic rings. The van der Waals surface area contributed by atoms with Crippen molar-refractivity contribution in [3.63, 3.8) is 0 Å². The van der Waals surface area contributed by atoms with Crippen LogP contribution in [0.5, 0.6) is 0 Å². The van der Waals surface area contributed by atoms with Gasteiger partial charge in [-0.15, -0.1) is 11.8 Å². The zero-order valence-electron chi connectivity index (χ0n) is 16.2. The number of aromatic nitrogens is 1. The van der Waals surface area contributed by atoms with Crippen LogP contribution in [-0.2, 0) is 11.3 Å². The first-order valence-corrected chi connectivity index (χ1v) is 10.4. The molecule has 0 saturated carbocycles. The Morgan fingerprint density at radius 3 is 2.41 bits per heavy atom. The van der Waals surface area contributed by atoms with Gasteiger partial charge < -0.3 is 9.67 Å². The zero-order valence-corrected chi connectivity index (χ0v) is 17.1. The molecule has 0 atom stereocenters. The lowest BCUT2D eigenvalue weighted by molar-refractivity contribution is -0.133. The predicted octanol–water partition coefficient (Wildman–Crippen LogP) is 5.31. The highest BCUT2D eigenvalue weighted by Crippen LogP contribution is 2.19. The number of aliphatic carboxylic acids is 1. The standard InChI is InChI=1S/C24H23NO3S/c1-18-5-9-20(10-6-18)24(28)21-13-15-25(16-21)14-3-2-4-19-7-11-22(12-8-19)29-17-23(26)27/h2,4-13,15-16H,3,14,17H2,1H3,(H,26,27)/b4-2+. The third kappa shape index (κ3) is 6.22.